The number of hydrogen-bond acceptors (Lipinski definition) is 8. The molecule has 38 heavy (non-hydrogen) atoms. The normalized spacial score (nSPS) is 21.3. The third kappa shape index (κ3) is 9.24. The predicted molar refractivity (Wildman–Crippen MR) is 136 cm³/mol. The monoisotopic (exact) mass is 539 g/mol. The lowest BCUT2D eigenvalue weighted by atomic mass is 10.1. The summed E-state index contributed by atoms with van der Waals surface area (Å²) in [5.41, 5.74) is 10.8. The standard InChI is InChI=1S/C24H41N7O7/c1-14(28-22(35)16(9-10-19(26)32)29-21(34)15-7-4-12-27-15)20(33)30-17(6-2-3-11-25)23(36)31-13-5-8-18(31)24(37)38/h14-18,27H,2-13,25H2,1H3,(H2,26,32)(H,28,35)(H,29,34)(H,30,33)(H,37,38)/t14-,15-,16-,17-,18-/m0/s1. The highest BCUT2D eigenvalue weighted by atomic mass is 16.4. The molecule has 0 aromatic rings. The Morgan fingerprint density at radius 3 is 2.32 bits per heavy atom. The van der Waals surface area contributed by atoms with Crippen molar-refractivity contribution in [2.45, 2.75) is 94.9 Å². The van der Waals surface area contributed by atoms with E-state index in [-0.39, 0.29) is 31.7 Å². The van der Waals surface area contributed by atoms with Gasteiger partial charge in [0.05, 0.1) is 6.04 Å². The third-order valence-electron chi connectivity index (χ3n) is 6.82. The van der Waals surface area contributed by atoms with Gasteiger partial charge < -0.3 is 42.7 Å². The zero-order valence-electron chi connectivity index (χ0n) is 21.9. The number of unbranched alkanes of at least 4 members (excludes halogenated alkanes) is 1. The molecule has 0 radical (unpaired) electrons. The van der Waals surface area contributed by atoms with E-state index in [1.54, 1.807) is 0 Å². The minimum atomic E-state index is -1.10. The van der Waals surface area contributed by atoms with Gasteiger partial charge >= 0.3 is 5.97 Å². The molecule has 214 valence electrons. The number of carboxylic acid groups (broad SMARTS) is 1. The van der Waals surface area contributed by atoms with Gasteiger partial charge in [0.25, 0.3) is 0 Å². The number of carboxylic acids is 1. The Hall–Kier alpha value is -3.26. The van der Waals surface area contributed by atoms with Crippen molar-refractivity contribution in [2.75, 3.05) is 19.6 Å². The number of carbonyl (C=O) groups excluding carboxylic acids is 5. The fourth-order valence-corrected chi connectivity index (χ4v) is 4.65. The lowest BCUT2D eigenvalue weighted by Crippen LogP contribution is -2.57. The summed E-state index contributed by atoms with van der Waals surface area (Å²) < 4.78 is 0. The number of nitrogens with one attached hydrogen (secondary N) is 4. The van der Waals surface area contributed by atoms with Crippen LogP contribution in [0.15, 0.2) is 0 Å². The maximum atomic E-state index is 13.2. The highest BCUT2D eigenvalue weighted by Gasteiger charge is 2.38. The van der Waals surface area contributed by atoms with Gasteiger partial charge in [-0.1, -0.05) is 0 Å². The average Bonchev–Trinajstić information content (AvgIpc) is 3.58. The topological polar surface area (TPSA) is 226 Å². The molecule has 0 bridgehead atoms. The number of nitrogens with zero attached hydrogens (tertiary/aromatic N) is 1. The van der Waals surface area contributed by atoms with Gasteiger partial charge in [0, 0.05) is 13.0 Å². The second-order valence-corrected chi connectivity index (χ2v) is 9.82. The van der Waals surface area contributed by atoms with Crippen molar-refractivity contribution in [1.82, 2.24) is 26.2 Å². The van der Waals surface area contributed by atoms with Crippen molar-refractivity contribution in [3.05, 3.63) is 0 Å². The molecule has 2 saturated heterocycles. The third-order valence-corrected chi connectivity index (χ3v) is 6.82. The number of likely N-dealkylation sites (tertiary alicyclic amines) is 1. The van der Waals surface area contributed by atoms with E-state index in [1.165, 1.54) is 11.8 Å². The fraction of sp³-hybridized carbons (Fsp3) is 0.750. The summed E-state index contributed by atoms with van der Waals surface area (Å²) in [4.78, 5) is 75.7. The van der Waals surface area contributed by atoms with Gasteiger partial charge in [-0.15, -0.1) is 0 Å². The molecule has 5 amide bonds. The molecule has 0 aromatic heterocycles. The summed E-state index contributed by atoms with van der Waals surface area (Å²) in [6.45, 7) is 2.79. The molecule has 2 fully saturated rings. The molecule has 2 heterocycles. The Bertz CT molecular complexity index is 878. The number of nitrogens with two attached hydrogens (primary N) is 2. The summed E-state index contributed by atoms with van der Waals surface area (Å²) in [5.74, 6) is -3.92. The van der Waals surface area contributed by atoms with Crippen LogP contribution in [-0.2, 0) is 28.8 Å². The molecule has 9 N–H and O–H groups in total. The van der Waals surface area contributed by atoms with E-state index >= 15 is 0 Å². The van der Waals surface area contributed by atoms with E-state index in [0.717, 1.165) is 6.42 Å². The highest BCUT2D eigenvalue weighted by molar-refractivity contribution is 5.95. The molecule has 2 aliphatic heterocycles. The van der Waals surface area contributed by atoms with Crippen molar-refractivity contribution in [3.63, 3.8) is 0 Å². The zero-order chi connectivity index (χ0) is 28.2. The van der Waals surface area contributed by atoms with E-state index in [2.05, 4.69) is 21.3 Å². The molecule has 14 heteroatoms. The Morgan fingerprint density at radius 1 is 0.974 bits per heavy atom. The minimum Gasteiger partial charge on any atom is -0.480 e. The number of carbonyl (C=O) groups is 6. The van der Waals surface area contributed by atoms with Crippen LogP contribution in [0.4, 0.5) is 0 Å². The maximum Gasteiger partial charge on any atom is 0.326 e. The number of hydrogen-bond donors (Lipinski definition) is 7. The summed E-state index contributed by atoms with van der Waals surface area (Å²) in [7, 11) is 0. The van der Waals surface area contributed by atoms with Gasteiger partial charge in [-0.3, -0.25) is 24.0 Å². The molecular formula is C24H41N7O7. The first-order chi connectivity index (χ1) is 18.0. The van der Waals surface area contributed by atoms with Gasteiger partial charge in [0.1, 0.15) is 24.2 Å². The second kappa shape index (κ2) is 15.2. The summed E-state index contributed by atoms with van der Waals surface area (Å²) in [5, 5.41) is 20.3. The van der Waals surface area contributed by atoms with Crippen molar-refractivity contribution < 1.29 is 33.9 Å². The van der Waals surface area contributed by atoms with Crippen LogP contribution in [0.3, 0.4) is 0 Å². The van der Waals surface area contributed by atoms with Gasteiger partial charge in [-0.05, 0) is 71.4 Å². The first-order valence-electron chi connectivity index (χ1n) is 13.2. The van der Waals surface area contributed by atoms with Crippen LogP contribution in [0.2, 0.25) is 0 Å². The molecular weight excluding hydrogens is 498 g/mol. The van der Waals surface area contributed by atoms with Crippen molar-refractivity contribution >= 4 is 35.5 Å². The zero-order valence-corrected chi connectivity index (χ0v) is 21.9. The van der Waals surface area contributed by atoms with Crippen molar-refractivity contribution in [2.24, 2.45) is 11.5 Å². The molecule has 2 aliphatic rings. The van der Waals surface area contributed by atoms with Crippen molar-refractivity contribution in [1.29, 1.82) is 0 Å². The predicted octanol–water partition coefficient (Wildman–Crippen LogP) is -2.32. The van der Waals surface area contributed by atoms with Crippen LogP contribution >= 0.6 is 0 Å². The molecule has 0 saturated carbocycles. The molecule has 14 nitrogen and oxygen atoms in total. The van der Waals surface area contributed by atoms with Crippen LogP contribution in [0.1, 0.15) is 64.7 Å². The van der Waals surface area contributed by atoms with Gasteiger partial charge in [-0.25, -0.2) is 4.79 Å². The lowest BCUT2D eigenvalue weighted by molar-refractivity contribution is -0.149. The van der Waals surface area contributed by atoms with Gasteiger partial charge in [0.15, 0.2) is 0 Å². The SMILES string of the molecule is C[C@H](NC(=O)[C@H](CCC(N)=O)NC(=O)[C@@H]1CCCN1)C(=O)N[C@@H](CCCCN)C(=O)N1CCC[C@H]1C(=O)O. The fourth-order valence-electron chi connectivity index (χ4n) is 4.65. The number of primary amides is 1. The van der Waals surface area contributed by atoms with E-state index in [9.17, 15) is 33.9 Å². The Balaban J connectivity index is 2.04. The molecule has 5 atom stereocenters. The molecule has 0 aromatic carbocycles. The smallest absolute Gasteiger partial charge is 0.326 e. The highest BCUT2D eigenvalue weighted by Crippen LogP contribution is 2.20. The lowest BCUT2D eigenvalue weighted by Gasteiger charge is -2.28. The summed E-state index contributed by atoms with van der Waals surface area (Å²) in [6, 6.07) is -4.54. The first kappa shape index (κ1) is 31.0. The number of rotatable bonds is 15. The van der Waals surface area contributed by atoms with Crippen LogP contribution in [-0.4, -0.2) is 95.4 Å². The number of amides is 5. The maximum absolute atomic E-state index is 13.2. The van der Waals surface area contributed by atoms with E-state index in [1.807, 2.05) is 0 Å². The Morgan fingerprint density at radius 2 is 1.71 bits per heavy atom. The number of aliphatic carboxylic acids is 1. The molecule has 2 rings (SSSR count). The second-order valence-electron chi connectivity index (χ2n) is 9.82. The van der Waals surface area contributed by atoms with E-state index in [0.29, 0.717) is 45.2 Å². The molecule has 0 aliphatic carbocycles. The molecule has 0 unspecified atom stereocenters. The van der Waals surface area contributed by atoms with Crippen molar-refractivity contribution in [3.8, 4) is 0 Å². The summed E-state index contributed by atoms with van der Waals surface area (Å²) >= 11 is 0. The first-order valence-corrected chi connectivity index (χ1v) is 13.2. The van der Waals surface area contributed by atoms with Gasteiger partial charge in [0.2, 0.25) is 29.5 Å². The van der Waals surface area contributed by atoms with E-state index < -0.39 is 59.8 Å². The van der Waals surface area contributed by atoms with Crippen LogP contribution < -0.4 is 32.7 Å². The molecule has 0 spiro atoms. The quantitative estimate of drug-likeness (QED) is 0.111. The average molecular weight is 540 g/mol. The van der Waals surface area contributed by atoms with Crippen LogP contribution in [0, 0.1) is 0 Å². The summed E-state index contributed by atoms with van der Waals surface area (Å²) in [6.07, 6.45) is 3.56. The van der Waals surface area contributed by atoms with Gasteiger partial charge in [-0.2, -0.15) is 0 Å². The Kier molecular flexibility index (Phi) is 12.4. The minimum absolute atomic E-state index is 0.0420. The van der Waals surface area contributed by atoms with Crippen LogP contribution in [0.5, 0.6) is 0 Å². The Labute approximate surface area is 222 Å². The van der Waals surface area contributed by atoms with E-state index in [4.69, 9.17) is 11.5 Å². The van der Waals surface area contributed by atoms with Crippen LogP contribution in [0.25, 0.3) is 0 Å². The largest absolute Gasteiger partial charge is 0.480 e.